The van der Waals surface area contributed by atoms with Gasteiger partial charge < -0.3 is 9.94 Å². The van der Waals surface area contributed by atoms with E-state index in [1.165, 1.54) is 11.1 Å². The lowest BCUT2D eigenvalue weighted by molar-refractivity contribution is 0.218. The molecule has 15 heavy (non-hydrogen) atoms. The van der Waals surface area contributed by atoms with Crippen LogP contribution >= 0.6 is 0 Å². The minimum Gasteiger partial charge on any atom is -0.490 e. The summed E-state index contributed by atoms with van der Waals surface area (Å²) < 4.78 is 5.71. The van der Waals surface area contributed by atoms with Crippen LogP contribution in [-0.4, -0.2) is 17.0 Å². The van der Waals surface area contributed by atoms with Crippen molar-refractivity contribution in [3.63, 3.8) is 0 Å². The largest absolute Gasteiger partial charge is 0.490 e. The Morgan fingerprint density at radius 2 is 2.00 bits per heavy atom. The van der Waals surface area contributed by atoms with E-state index in [2.05, 4.69) is 5.16 Å². The lowest BCUT2D eigenvalue weighted by Crippen LogP contribution is -2.24. The van der Waals surface area contributed by atoms with Crippen molar-refractivity contribution < 1.29 is 9.94 Å². The second kappa shape index (κ2) is 3.57. The molecule has 2 rings (SSSR count). The Bertz CT molecular complexity index is 424. The first-order valence-electron chi connectivity index (χ1n) is 5.11. The number of aryl methyl sites for hydroxylation is 2. The molecule has 3 nitrogen and oxygen atoms in total. The number of hydrogen-bond acceptors (Lipinski definition) is 3. The summed E-state index contributed by atoms with van der Waals surface area (Å²) in [7, 11) is 0. The Labute approximate surface area is 89.4 Å². The molecule has 0 amide bonds. The molecule has 0 aliphatic carbocycles. The van der Waals surface area contributed by atoms with Crippen molar-refractivity contribution in [1.29, 1.82) is 0 Å². The molecule has 80 valence electrons. The number of hydrogen-bond donors (Lipinski definition) is 1. The summed E-state index contributed by atoms with van der Waals surface area (Å²) in [6.07, 6.45) is 0.733. The number of benzene rings is 1. The Balaban J connectivity index is 2.57. The zero-order valence-corrected chi connectivity index (χ0v) is 9.24. The maximum atomic E-state index is 8.95. The van der Waals surface area contributed by atoms with Crippen molar-refractivity contribution in [2.75, 3.05) is 0 Å². The molecule has 0 saturated heterocycles. The number of oxime groups is 1. The molecule has 0 bridgehead atoms. The highest BCUT2D eigenvalue weighted by Gasteiger charge is 2.22. The summed E-state index contributed by atoms with van der Waals surface area (Å²) in [6, 6.07) is 4.02. The minimum atomic E-state index is 0.0745. The Morgan fingerprint density at radius 1 is 1.33 bits per heavy atom. The van der Waals surface area contributed by atoms with E-state index in [0.717, 1.165) is 11.3 Å². The van der Waals surface area contributed by atoms with Gasteiger partial charge in [-0.25, -0.2) is 0 Å². The molecule has 1 N–H and O–H groups in total. The third kappa shape index (κ3) is 1.69. The highest BCUT2D eigenvalue weighted by Crippen LogP contribution is 2.30. The van der Waals surface area contributed by atoms with Crippen LogP contribution in [0.15, 0.2) is 17.3 Å². The maximum absolute atomic E-state index is 8.95. The average Bonchev–Trinajstić information content (AvgIpc) is 2.19. The van der Waals surface area contributed by atoms with Crippen LogP contribution in [0.25, 0.3) is 0 Å². The summed E-state index contributed by atoms with van der Waals surface area (Å²) in [5.74, 6) is 0.824. The molecule has 1 heterocycles. The van der Waals surface area contributed by atoms with Gasteiger partial charge in [-0.1, -0.05) is 5.16 Å². The van der Waals surface area contributed by atoms with Gasteiger partial charge >= 0.3 is 0 Å². The van der Waals surface area contributed by atoms with Crippen molar-refractivity contribution >= 4 is 5.71 Å². The topological polar surface area (TPSA) is 41.8 Å². The van der Waals surface area contributed by atoms with E-state index < -0.39 is 0 Å². The molecule has 1 atom stereocenters. The molecule has 1 aliphatic heterocycles. The predicted molar refractivity (Wildman–Crippen MR) is 58.9 cm³/mol. The minimum absolute atomic E-state index is 0.0745. The summed E-state index contributed by atoms with van der Waals surface area (Å²) >= 11 is 0. The van der Waals surface area contributed by atoms with Crippen LogP contribution in [0, 0.1) is 13.8 Å². The van der Waals surface area contributed by atoms with E-state index in [1.807, 2.05) is 32.9 Å². The molecule has 0 radical (unpaired) electrons. The van der Waals surface area contributed by atoms with Crippen LogP contribution < -0.4 is 4.74 Å². The first kappa shape index (κ1) is 10.0. The van der Waals surface area contributed by atoms with Gasteiger partial charge in [-0.3, -0.25) is 0 Å². The summed E-state index contributed by atoms with van der Waals surface area (Å²) in [5, 5.41) is 12.3. The standard InChI is InChI=1S/C12H15NO2/c1-7-4-10-11(13-14)6-9(3)15-12(10)5-8(7)2/h4-5,9,14H,6H2,1-3H3/b13-11+. The second-order valence-electron chi connectivity index (χ2n) is 4.11. The fourth-order valence-electron chi connectivity index (χ4n) is 1.85. The van der Waals surface area contributed by atoms with Crippen molar-refractivity contribution in [3.05, 3.63) is 28.8 Å². The molecule has 3 heteroatoms. The van der Waals surface area contributed by atoms with E-state index in [4.69, 9.17) is 9.94 Å². The first-order valence-corrected chi connectivity index (χ1v) is 5.11. The van der Waals surface area contributed by atoms with E-state index >= 15 is 0 Å². The average molecular weight is 205 g/mol. The molecule has 0 spiro atoms. The lowest BCUT2D eigenvalue weighted by atomic mass is 9.96. The van der Waals surface area contributed by atoms with Gasteiger partial charge in [0, 0.05) is 12.0 Å². The molecule has 0 saturated carbocycles. The van der Waals surface area contributed by atoms with Gasteiger partial charge in [-0.05, 0) is 44.0 Å². The predicted octanol–water partition coefficient (Wildman–Crippen LogP) is 2.65. The van der Waals surface area contributed by atoms with Gasteiger partial charge in [0.25, 0.3) is 0 Å². The second-order valence-corrected chi connectivity index (χ2v) is 4.11. The fraction of sp³-hybridized carbons (Fsp3) is 0.417. The van der Waals surface area contributed by atoms with Crippen LogP contribution in [0.1, 0.15) is 30.0 Å². The molecule has 0 aromatic heterocycles. The Kier molecular flexibility index (Phi) is 2.39. The molecule has 1 aromatic carbocycles. The van der Waals surface area contributed by atoms with Crippen molar-refractivity contribution in [3.8, 4) is 5.75 Å². The highest BCUT2D eigenvalue weighted by molar-refractivity contribution is 6.03. The molecular weight excluding hydrogens is 190 g/mol. The van der Waals surface area contributed by atoms with Crippen LogP contribution in [0.3, 0.4) is 0 Å². The zero-order chi connectivity index (χ0) is 11.0. The zero-order valence-electron chi connectivity index (χ0n) is 9.24. The van der Waals surface area contributed by atoms with Crippen molar-refractivity contribution in [2.45, 2.75) is 33.3 Å². The summed E-state index contributed by atoms with van der Waals surface area (Å²) in [5.41, 5.74) is 4.01. The van der Waals surface area contributed by atoms with E-state index in [1.54, 1.807) is 0 Å². The van der Waals surface area contributed by atoms with Gasteiger partial charge in [0.05, 0.1) is 5.71 Å². The normalized spacial score (nSPS) is 22.3. The summed E-state index contributed by atoms with van der Waals surface area (Å²) in [6.45, 7) is 6.07. The van der Waals surface area contributed by atoms with Crippen LogP contribution in [0.4, 0.5) is 0 Å². The van der Waals surface area contributed by atoms with Crippen LogP contribution in [-0.2, 0) is 0 Å². The number of rotatable bonds is 0. The van der Waals surface area contributed by atoms with Crippen LogP contribution in [0.5, 0.6) is 5.75 Å². The molecule has 0 fully saturated rings. The van der Waals surface area contributed by atoms with E-state index in [9.17, 15) is 0 Å². The van der Waals surface area contributed by atoms with Crippen LogP contribution in [0.2, 0.25) is 0 Å². The van der Waals surface area contributed by atoms with Crippen molar-refractivity contribution in [1.82, 2.24) is 0 Å². The van der Waals surface area contributed by atoms with Gasteiger partial charge in [-0.2, -0.15) is 0 Å². The van der Waals surface area contributed by atoms with Gasteiger partial charge in [0.1, 0.15) is 11.9 Å². The van der Waals surface area contributed by atoms with E-state index in [0.29, 0.717) is 12.1 Å². The number of ether oxygens (including phenoxy) is 1. The number of fused-ring (bicyclic) bond motifs is 1. The third-order valence-corrected chi connectivity index (χ3v) is 2.84. The lowest BCUT2D eigenvalue weighted by Gasteiger charge is -2.24. The summed E-state index contributed by atoms with van der Waals surface area (Å²) in [4.78, 5) is 0. The molecule has 1 unspecified atom stereocenters. The fourth-order valence-corrected chi connectivity index (χ4v) is 1.85. The van der Waals surface area contributed by atoms with E-state index in [-0.39, 0.29) is 6.10 Å². The smallest absolute Gasteiger partial charge is 0.129 e. The first-order chi connectivity index (χ1) is 7.11. The quantitative estimate of drug-likeness (QED) is 0.522. The van der Waals surface area contributed by atoms with Gasteiger partial charge in [0.15, 0.2) is 0 Å². The Morgan fingerprint density at radius 3 is 2.67 bits per heavy atom. The maximum Gasteiger partial charge on any atom is 0.129 e. The Hall–Kier alpha value is -1.51. The molecular formula is C12H15NO2. The van der Waals surface area contributed by atoms with Gasteiger partial charge in [-0.15, -0.1) is 0 Å². The molecule has 1 aliphatic rings. The third-order valence-electron chi connectivity index (χ3n) is 2.84. The monoisotopic (exact) mass is 205 g/mol. The highest BCUT2D eigenvalue weighted by atomic mass is 16.5. The SMILES string of the molecule is Cc1cc2c(cc1C)/C(=N/O)CC(C)O2. The molecule has 1 aromatic rings. The van der Waals surface area contributed by atoms with Crippen molar-refractivity contribution in [2.24, 2.45) is 5.16 Å². The number of nitrogens with zero attached hydrogens (tertiary/aromatic N) is 1. The van der Waals surface area contributed by atoms with Gasteiger partial charge in [0.2, 0.25) is 0 Å².